The molecule has 0 amide bonds. The van der Waals surface area contributed by atoms with Gasteiger partial charge in [0.2, 0.25) is 0 Å². The van der Waals surface area contributed by atoms with E-state index in [1.807, 2.05) is 36.4 Å². The largest absolute Gasteiger partial charge is 0.327 e. The van der Waals surface area contributed by atoms with Crippen LogP contribution in [0.15, 0.2) is 57.9 Å². The van der Waals surface area contributed by atoms with Crippen molar-refractivity contribution < 1.29 is 0 Å². The fourth-order valence-corrected chi connectivity index (χ4v) is 3.19. The highest BCUT2D eigenvalue weighted by Crippen LogP contribution is 2.21. The van der Waals surface area contributed by atoms with Crippen molar-refractivity contribution in [3.63, 3.8) is 0 Å². The molecule has 2 rings (SSSR count). The van der Waals surface area contributed by atoms with Crippen LogP contribution in [-0.4, -0.2) is 11.8 Å². The lowest BCUT2D eigenvalue weighted by atomic mass is 10.1. The van der Waals surface area contributed by atoms with Gasteiger partial charge in [-0.1, -0.05) is 39.7 Å². The van der Waals surface area contributed by atoms with E-state index in [0.717, 1.165) is 21.7 Å². The van der Waals surface area contributed by atoms with Gasteiger partial charge >= 0.3 is 0 Å². The van der Waals surface area contributed by atoms with Gasteiger partial charge in [0.15, 0.2) is 0 Å². The highest BCUT2D eigenvalue weighted by molar-refractivity contribution is 9.10. The first-order valence-electron chi connectivity index (χ1n) is 6.02. The first kappa shape index (κ1) is 14.9. The lowest BCUT2D eigenvalue weighted by molar-refractivity contribution is 0.748. The molecular weight excluding hydrogens is 342 g/mol. The summed E-state index contributed by atoms with van der Waals surface area (Å²) in [6.45, 7) is 0. The molecule has 2 aromatic carbocycles. The maximum Gasteiger partial charge on any atom is 0.0406 e. The molecule has 0 radical (unpaired) electrons. The minimum absolute atomic E-state index is 0.148. The SMILES string of the molecule is NC(CSc1ccc(Cl)cc1)Cc1cccc(Br)c1. The lowest BCUT2D eigenvalue weighted by Gasteiger charge is -2.11. The molecule has 1 unspecified atom stereocenters. The van der Waals surface area contributed by atoms with Crippen LogP contribution >= 0.6 is 39.3 Å². The fraction of sp³-hybridized carbons (Fsp3) is 0.200. The molecule has 1 nitrogen and oxygen atoms in total. The van der Waals surface area contributed by atoms with Crippen LogP contribution < -0.4 is 5.73 Å². The molecule has 0 fully saturated rings. The molecule has 0 aliphatic carbocycles. The molecule has 2 N–H and O–H groups in total. The van der Waals surface area contributed by atoms with Crippen molar-refractivity contribution in [2.75, 3.05) is 5.75 Å². The van der Waals surface area contributed by atoms with Crippen LogP contribution in [0.3, 0.4) is 0 Å². The van der Waals surface area contributed by atoms with Gasteiger partial charge in [-0.3, -0.25) is 0 Å². The van der Waals surface area contributed by atoms with Gasteiger partial charge in [0.25, 0.3) is 0 Å². The van der Waals surface area contributed by atoms with Crippen molar-refractivity contribution in [1.82, 2.24) is 0 Å². The number of rotatable bonds is 5. The normalized spacial score (nSPS) is 12.4. The first-order valence-corrected chi connectivity index (χ1v) is 8.17. The third-order valence-electron chi connectivity index (χ3n) is 2.66. The summed E-state index contributed by atoms with van der Waals surface area (Å²) >= 11 is 11.1. The van der Waals surface area contributed by atoms with Gasteiger partial charge in [0.1, 0.15) is 0 Å². The second-order valence-corrected chi connectivity index (χ2v) is 6.80. The Kier molecular flexibility index (Phi) is 5.76. The van der Waals surface area contributed by atoms with Crippen molar-refractivity contribution in [2.24, 2.45) is 5.73 Å². The molecule has 0 aromatic heterocycles. The molecule has 4 heteroatoms. The summed E-state index contributed by atoms with van der Waals surface area (Å²) < 4.78 is 1.10. The molecule has 0 aliphatic heterocycles. The average molecular weight is 357 g/mol. The monoisotopic (exact) mass is 355 g/mol. The van der Waals surface area contributed by atoms with Gasteiger partial charge in [-0.25, -0.2) is 0 Å². The van der Waals surface area contributed by atoms with Crippen molar-refractivity contribution in [3.05, 3.63) is 63.6 Å². The highest BCUT2D eigenvalue weighted by Gasteiger charge is 2.05. The quantitative estimate of drug-likeness (QED) is 0.781. The Hall–Kier alpha value is -0.480. The summed E-state index contributed by atoms with van der Waals surface area (Å²) in [7, 11) is 0. The van der Waals surface area contributed by atoms with Crippen LogP contribution in [0.25, 0.3) is 0 Å². The molecule has 0 aliphatic rings. The second-order valence-electron chi connectivity index (χ2n) is 4.36. The van der Waals surface area contributed by atoms with Crippen molar-refractivity contribution in [1.29, 1.82) is 0 Å². The van der Waals surface area contributed by atoms with Gasteiger partial charge in [0.05, 0.1) is 0 Å². The highest BCUT2D eigenvalue weighted by atomic mass is 79.9. The van der Waals surface area contributed by atoms with Crippen LogP contribution in [0.4, 0.5) is 0 Å². The van der Waals surface area contributed by atoms with E-state index in [4.69, 9.17) is 17.3 Å². The van der Waals surface area contributed by atoms with Crippen LogP contribution in [0.2, 0.25) is 5.02 Å². The summed E-state index contributed by atoms with van der Waals surface area (Å²) in [5.74, 6) is 0.897. The van der Waals surface area contributed by atoms with E-state index in [0.29, 0.717) is 0 Å². The number of hydrogen-bond donors (Lipinski definition) is 1. The summed E-state index contributed by atoms with van der Waals surface area (Å²) in [6.07, 6.45) is 0.889. The molecule has 0 saturated heterocycles. The van der Waals surface area contributed by atoms with E-state index >= 15 is 0 Å². The van der Waals surface area contributed by atoms with Crippen LogP contribution in [0.5, 0.6) is 0 Å². The van der Waals surface area contributed by atoms with Crippen LogP contribution in [0.1, 0.15) is 5.56 Å². The van der Waals surface area contributed by atoms with E-state index in [2.05, 4.69) is 28.1 Å². The van der Waals surface area contributed by atoms with Gasteiger partial charge in [-0.05, 0) is 48.4 Å². The van der Waals surface area contributed by atoms with Gasteiger partial charge < -0.3 is 5.73 Å². The molecule has 100 valence electrons. The average Bonchev–Trinajstić information content (AvgIpc) is 2.38. The molecular formula is C15H15BrClNS. The molecule has 0 heterocycles. The topological polar surface area (TPSA) is 26.0 Å². The van der Waals surface area contributed by atoms with Crippen molar-refractivity contribution in [2.45, 2.75) is 17.4 Å². The Morgan fingerprint density at radius 1 is 1.16 bits per heavy atom. The standard InChI is InChI=1S/C15H15BrClNS/c16-12-3-1-2-11(8-12)9-14(18)10-19-15-6-4-13(17)5-7-15/h1-8,14H,9-10,18H2. The van der Waals surface area contributed by atoms with E-state index in [1.165, 1.54) is 10.5 Å². The van der Waals surface area contributed by atoms with E-state index in [-0.39, 0.29) is 6.04 Å². The maximum absolute atomic E-state index is 6.17. The van der Waals surface area contributed by atoms with Crippen molar-refractivity contribution in [3.8, 4) is 0 Å². The van der Waals surface area contributed by atoms with Crippen molar-refractivity contribution >= 4 is 39.3 Å². The Bertz CT molecular complexity index is 530. The summed E-state index contributed by atoms with van der Waals surface area (Å²) in [4.78, 5) is 1.20. The number of benzene rings is 2. The number of halogens is 2. The summed E-state index contributed by atoms with van der Waals surface area (Å²) in [5, 5.41) is 0.766. The Balaban J connectivity index is 1.84. The number of hydrogen-bond acceptors (Lipinski definition) is 2. The number of nitrogens with two attached hydrogens (primary N) is 1. The van der Waals surface area contributed by atoms with Crippen LogP contribution in [0, 0.1) is 0 Å². The summed E-state index contributed by atoms with van der Waals surface area (Å²) in [6, 6.07) is 16.3. The predicted molar refractivity (Wildman–Crippen MR) is 88.0 cm³/mol. The maximum atomic E-state index is 6.17. The Labute approximate surface area is 131 Å². The fourth-order valence-electron chi connectivity index (χ4n) is 1.76. The molecule has 19 heavy (non-hydrogen) atoms. The zero-order chi connectivity index (χ0) is 13.7. The summed E-state index contributed by atoms with van der Waals surface area (Å²) in [5.41, 5.74) is 7.43. The van der Waals surface area contributed by atoms with E-state index in [1.54, 1.807) is 11.8 Å². The minimum atomic E-state index is 0.148. The zero-order valence-electron chi connectivity index (χ0n) is 10.4. The minimum Gasteiger partial charge on any atom is -0.327 e. The third kappa shape index (κ3) is 5.19. The molecule has 1 atom stereocenters. The molecule has 0 saturated carbocycles. The second kappa shape index (κ2) is 7.34. The smallest absolute Gasteiger partial charge is 0.0406 e. The predicted octanol–water partition coefficient (Wildman–Crippen LogP) is 4.76. The molecule has 0 spiro atoms. The zero-order valence-corrected chi connectivity index (χ0v) is 13.5. The van der Waals surface area contributed by atoms with E-state index in [9.17, 15) is 0 Å². The Morgan fingerprint density at radius 2 is 1.89 bits per heavy atom. The van der Waals surface area contributed by atoms with Gasteiger partial charge in [-0.2, -0.15) is 0 Å². The number of thioether (sulfide) groups is 1. The molecule has 0 bridgehead atoms. The van der Waals surface area contributed by atoms with Gasteiger partial charge in [-0.15, -0.1) is 11.8 Å². The van der Waals surface area contributed by atoms with Crippen LogP contribution in [-0.2, 0) is 6.42 Å². The van der Waals surface area contributed by atoms with Gasteiger partial charge in [0, 0.05) is 26.2 Å². The molecule has 2 aromatic rings. The first-order chi connectivity index (χ1) is 9.13. The third-order valence-corrected chi connectivity index (χ3v) is 4.61. The Morgan fingerprint density at radius 3 is 2.58 bits per heavy atom. The lowest BCUT2D eigenvalue weighted by Crippen LogP contribution is -2.25. The van der Waals surface area contributed by atoms with E-state index < -0.39 is 0 Å².